The number of pyridine rings is 1. The third-order valence-electron chi connectivity index (χ3n) is 5.59. The smallest absolute Gasteiger partial charge is 0.194 e. The number of anilines is 1. The Morgan fingerprint density at radius 1 is 1.14 bits per heavy atom. The summed E-state index contributed by atoms with van der Waals surface area (Å²) in [6.07, 6.45) is 3.49. The van der Waals surface area contributed by atoms with E-state index in [9.17, 15) is 4.39 Å². The minimum Gasteiger partial charge on any atom is -0.378 e. The molecule has 8 heteroatoms. The van der Waals surface area contributed by atoms with Crippen LogP contribution in [0.5, 0.6) is 0 Å². The van der Waals surface area contributed by atoms with E-state index in [-0.39, 0.29) is 24.3 Å². The Bertz CT molecular complexity index is 970. The highest BCUT2D eigenvalue weighted by Crippen LogP contribution is 2.40. The van der Waals surface area contributed by atoms with Crippen LogP contribution in [-0.4, -0.2) is 37.2 Å². The molecule has 152 valence electrons. The number of morpholine rings is 1. The molecule has 0 amide bonds. The number of aryl methyl sites for hydroxylation is 1. The van der Waals surface area contributed by atoms with Crippen molar-refractivity contribution in [1.82, 2.24) is 10.3 Å². The van der Waals surface area contributed by atoms with E-state index in [0.717, 1.165) is 67.4 Å². The molecule has 3 aliphatic rings. The number of rotatable bonds is 2. The Hall–Kier alpha value is -2.64. The highest BCUT2D eigenvalue weighted by Gasteiger charge is 2.30. The summed E-state index contributed by atoms with van der Waals surface area (Å²) in [4.78, 5) is 11.5. The minimum atomic E-state index is -0.209. The number of hydrogen-bond donors (Lipinski definition) is 2. The van der Waals surface area contributed by atoms with Crippen molar-refractivity contribution in [3.05, 3.63) is 64.6 Å². The number of nitrogens with one attached hydrogen (secondary N) is 1. The molecular formula is C21H23ClFN5O. The lowest BCUT2D eigenvalue weighted by Crippen LogP contribution is -2.37. The van der Waals surface area contributed by atoms with Crippen LogP contribution in [0.1, 0.15) is 29.2 Å². The van der Waals surface area contributed by atoms with Crippen LogP contribution in [0.4, 0.5) is 10.2 Å². The second-order valence-corrected chi connectivity index (χ2v) is 7.29. The van der Waals surface area contributed by atoms with Gasteiger partial charge in [0.15, 0.2) is 5.96 Å². The fourth-order valence-electron chi connectivity index (χ4n) is 4.19. The molecule has 0 saturated carbocycles. The SMILES string of the molecule is Cl.NC1=NC(c2ccc(N3CCOCC3)nc2)C2=C(N1)c1ccc(F)cc1CC2. The van der Waals surface area contributed by atoms with Crippen molar-refractivity contribution in [2.24, 2.45) is 10.7 Å². The van der Waals surface area contributed by atoms with Gasteiger partial charge in [0.1, 0.15) is 17.7 Å². The van der Waals surface area contributed by atoms with Crippen LogP contribution >= 0.6 is 12.4 Å². The van der Waals surface area contributed by atoms with Gasteiger partial charge in [0.2, 0.25) is 0 Å². The van der Waals surface area contributed by atoms with E-state index in [1.165, 1.54) is 11.6 Å². The summed E-state index contributed by atoms with van der Waals surface area (Å²) in [5.41, 5.74) is 11.2. The molecule has 1 atom stereocenters. The van der Waals surface area contributed by atoms with Crippen LogP contribution in [0.15, 0.2) is 47.1 Å². The molecule has 0 radical (unpaired) electrons. The van der Waals surface area contributed by atoms with Crippen molar-refractivity contribution in [3.8, 4) is 0 Å². The van der Waals surface area contributed by atoms with Crippen molar-refractivity contribution in [1.29, 1.82) is 0 Å². The molecule has 0 bridgehead atoms. The summed E-state index contributed by atoms with van der Waals surface area (Å²) < 4.78 is 19.0. The Kier molecular flexibility index (Phi) is 5.43. The molecule has 1 fully saturated rings. The van der Waals surface area contributed by atoms with Gasteiger partial charge in [-0.05, 0) is 53.8 Å². The van der Waals surface area contributed by atoms with Gasteiger partial charge < -0.3 is 20.7 Å². The summed E-state index contributed by atoms with van der Waals surface area (Å²) in [5.74, 6) is 1.12. The van der Waals surface area contributed by atoms with Crippen LogP contribution < -0.4 is 16.0 Å². The maximum Gasteiger partial charge on any atom is 0.194 e. The van der Waals surface area contributed by atoms with Gasteiger partial charge in [0, 0.05) is 24.8 Å². The van der Waals surface area contributed by atoms with Gasteiger partial charge in [-0.1, -0.05) is 6.07 Å². The van der Waals surface area contributed by atoms with Crippen molar-refractivity contribution in [2.45, 2.75) is 18.9 Å². The molecule has 1 unspecified atom stereocenters. The molecule has 1 saturated heterocycles. The zero-order valence-electron chi connectivity index (χ0n) is 15.9. The average Bonchev–Trinajstić information content (AvgIpc) is 2.73. The van der Waals surface area contributed by atoms with Crippen molar-refractivity contribution < 1.29 is 9.13 Å². The van der Waals surface area contributed by atoms with E-state index in [4.69, 9.17) is 10.5 Å². The van der Waals surface area contributed by atoms with E-state index in [0.29, 0.717) is 5.96 Å². The zero-order chi connectivity index (χ0) is 19.1. The Morgan fingerprint density at radius 2 is 1.97 bits per heavy atom. The van der Waals surface area contributed by atoms with Gasteiger partial charge in [-0.2, -0.15) is 0 Å². The van der Waals surface area contributed by atoms with Crippen molar-refractivity contribution in [2.75, 3.05) is 31.2 Å². The number of aromatic nitrogens is 1. The minimum absolute atomic E-state index is 0. The molecule has 1 aromatic heterocycles. The lowest BCUT2D eigenvalue weighted by Gasteiger charge is -2.32. The van der Waals surface area contributed by atoms with E-state index in [1.807, 2.05) is 18.3 Å². The molecule has 1 aromatic carbocycles. The predicted octanol–water partition coefficient (Wildman–Crippen LogP) is 2.80. The molecule has 29 heavy (non-hydrogen) atoms. The number of halogens is 2. The maximum absolute atomic E-state index is 13.6. The Labute approximate surface area is 175 Å². The lowest BCUT2D eigenvalue weighted by atomic mass is 9.83. The third kappa shape index (κ3) is 3.68. The number of benzene rings is 1. The van der Waals surface area contributed by atoms with Crippen LogP contribution in [0.25, 0.3) is 5.70 Å². The van der Waals surface area contributed by atoms with Crippen LogP contribution in [-0.2, 0) is 11.2 Å². The summed E-state index contributed by atoms with van der Waals surface area (Å²) in [7, 11) is 0. The predicted molar refractivity (Wildman–Crippen MR) is 114 cm³/mol. The molecule has 5 rings (SSSR count). The van der Waals surface area contributed by atoms with Gasteiger partial charge in [0.05, 0.1) is 18.9 Å². The number of nitrogens with two attached hydrogens (primary N) is 1. The number of hydrogen-bond acceptors (Lipinski definition) is 6. The largest absolute Gasteiger partial charge is 0.378 e. The van der Waals surface area contributed by atoms with Crippen LogP contribution in [0.3, 0.4) is 0 Å². The molecule has 0 spiro atoms. The highest BCUT2D eigenvalue weighted by atomic mass is 35.5. The normalized spacial score (nSPS) is 20.8. The van der Waals surface area contributed by atoms with Crippen LogP contribution in [0, 0.1) is 5.82 Å². The quantitative estimate of drug-likeness (QED) is 0.788. The van der Waals surface area contributed by atoms with E-state index in [1.54, 1.807) is 6.07 Å². The molecule has 3 heterocycles. The first kappa shape index (κ1) is 19.7. The summed E-state index contributed by atoms with van der Waals surface area (Å²) in [6.45, 7) is 3.17. The van der Waals surface area contributed by atoms with E-state index in [2.05, 4.69) is 26.3 Å². The Balaban J connectivity index is 0.00000205. The summed E-state index contributed by atoms with van der Waals surface area (Å²) in [6, 6.07) is 8.88. The first-order valence-electron chi connectivity index (χ1n) is 9.60. The van der Waals surface area contributed by atoms with Gasteiger partial charge in [-0.3, -0.25) is 0 Å². The second-order valence-electron chi connectivity index (χ2n) is 7.29. The van der Waals surface area contributed by atoms with Gasteiger partial charge in [-0.15, -0.1) is 12.4 Å². The highest BCUT2D eigenvalue weighted by molar-refractivity contribution is 5.92. The maximum atomic E-state index is 13.6. The standard InChI is InChI=1S/C21H22FN5O.ClH/c22-15-3-5-16-13(11-15)1-4-17-19(25-21(23)26-20(16)17)14-2-6-18(24-12-14)27-7-9-28-10-8-27;/h2-3,5-6,11-12,19H,1,4,7-10H2,(H3,23,25,26);1H. The first-order chi connectivity index (χ1) is 13.7. The molecule has 6 nitrogen and oxygen atoms in total. The fourth-order valence-corrected chi connectivity index (χ4v) is 4.19. The third-order valence-corrected chi connectivity index (χ3v) is 5.59. The monoisotopic (exact) mass is 415 g/mol. The van der Waals surface area contributed by atoms with E-state index < -0.39 is 0 Å². The topological polar surface area (TPSA) is 75.8 Å². The Morgan fingerprint density at radius 3 is 2.72 bits per heavy atom. The lowest BCUT2D eigenvalue weighted by molar-refractivity contribution is 0.122. The van der Waals surface area contributed by atoms with Gasteiger partial charge in [-0.25, -0.2) is 14.4 Å². The number of guanidine groups is 1. The van der Waals surface area contributed by atoms with Gasteiger partial charge >= 0.3 is 0 Å². The first-order valence-corrected chi connectivity index (χ1v) is 9.60. The van der Waals surface area contributed by atoms with Crippen molar-refractivity contribution in [3.63, 3.8) is 0 Å². The molecule has 3 N–H and O–H groups in total. The number of aliphatic imine (C=N–C) groups is 1. The van der Waals surface area contributed by atoms with Crippen molar-refractivity contribution >= 4 is 29.9 Å². The molecular weight excluding hydrogens is 393 g/mol. The van der Waals surface area contributed by atoms with Gasteiger partial charge in [0.25, 0.3) is 0 Å². The number of fused-ring (bicyclic) bond motifs is 2. The average molecular weight is 416 g/mol. The zero-order valence-corrected chi connectivity index (χ0v) is 16.7. The number of nitrogens with zero attached hydrogens (tertiary/aromatic N) is 3. The molecule has 2 aliphatic heterocycles. The molecule has 2 aromatic rings. The second kappa shape index (κ2) is 8.00. The van der Waals surface area contributed by atoms with Crippen LogP contribution in [0.2, 0.25) is 0 Å². The molecule has 1 aliphatic carbocycles. The fraction of sp³-hybridized carbons (Fsp3) is 0.333. The summed E-state index contributed by atoms with van der Waals surface area (Å²) in [5, 5.41) is 3.20. The summed E-state index contributed by atoms with van der Waals surface area (Å²) >= 11 is 0. The number of ether oxygens (including phenoxy) is 1. The van der Waals surface area contributed by atoms with E-state index >= 15 is 0 Å².